The molecule has 0 saturated heterocycles. The molecule has 0 saturated carbocycles. The van der Waals surface area contributed by atoms with E-state index < -0.39 is 0 Å². The maximum Gasteiger partial charge on any atom is 0.254 e. The predicted octanol–water partition coefficient (Wildman–Crippen LogP) is 3.60. The summed E-state index contributed by atoms with van der Waals surface area (Å²) in [6, 6.07) is 12.2. The predicted molar refractivity (Wildman–Crippen MR) is 116 cm³/mol. The third-order valence-electron chi connectivity index (χ3n) is 4.95. The van der Waals surface area contributed by atoms with Gasteiger partial charge < -0.3 is 24.1 Å². The zero-order chi connectivity index (χ0) is 21.8. The number of rotatable bonds is 7. The lowest BCUT2D eigenvalue weighted by Gasteiger charge is -2.27. The number of amides is 1. The molecule has 0 aliphatic rings. The van der Waals surface area contributed by atoms with Crippen molar-refractivity contribution in [3.05, 3.63) is 63.9 Å². The van der Waals surface area contributed by atoms with Gasteiger partial charge in [0, 0.05) is 29.3 Å². The van der Waals surface area contributed by atoms with Crippen LogP contribution in [0, 0.1) is 0 Å². The van der Waals surface area contributed by atoms with E-state index in [9.17, 15) is 9.59 Å². The maximum absolute atomic E-state index is 13.3. The highest BCUT2D eigenvalue weighted by Gasteiger charge is 2.22. The Bertz CT molecular complexity index is 1100. The first-order valence-electron chi connectivity index (χ1n) is 9.60. The molecule has 7 heteroatoms. The van der Waals surface area contributed by atoms with Crippen molar-refractivity contribution in [1.82, 2.24) is 9.88 Å². The number of nitrogens with zero attached hydrogens (tertiary/aromatic N) is 1. The second-order valence-electron chi connectivity index (χ2n) is 7.21. The highest BCUT2D eigenvalue weighted by Crippen LogP contribution is 2.25. The van der Waals surface area contributed by atoms with Gasteiger partial charge in [0.15, 0.2) is 0 Å². The molecule has 1 N–H and O–H groups in total. The summed E-state index contributed by atoms with van der Waals surface area (Å²) in [6.07, 6.45) is 0. The fourth-order valence-electron chi connectivity index (χ4n) is 3.24. The Hall–Kier alpha value is -3.48. The molecule has 0 radical (unpaired) electrons. The molecule has 1 aromatic heterocycles. The minimum Gasteiger partial charge on any atom is -0.497 e. The van der Waals surface area contributed by atoms with Crippen molar-refractivity contribution in [2.75, 3.05) is 21.3 Å². The van der Waals surface area contributed by atoms with Gasteiger partial charge in [0.25, 0.3) is 11.5 Å². The van der Waals surface area contributed by atoms with Crippen molar-refractivity contribution in [1.29, 1.82) is 0 Å². The number of hydrogen-bond donors (Lipinski definition) is 1. The van der Waals surface area contributed by atoms with Crippen molar-refractivity contribution >= 4 is 16.8 Å². The average Bonchev–Trinajstić information content (AvgIpc) is 2.75. The lowest BCUT2D eigenvalue weighted by atomic mass is 10.1. The van der Waals surface area contributed by atoms with Crippen molar-refractivity contribution < 1.29 is 19.0 Å². The SMILES string of the molecule is COc1cc(OC)cc(C(=O)N(Cc2cc3ccc(OC)cc3[nH]c2=O)C(C)C)c1. The molecule has 0 spiro atoms. The van der Waals surface area contributed by atoms with Crippen LogP contribution in [0.15, 0.2) is 47.3 Å². The van der Waals surface area contributed by atoms with Gasteiger partial charge in [-0.2, -0.15) is 0 Å². The quantitative estimate of drug-likeness (QED) is 0.644. The Labute approximate surface area is 175 Å². The number of carbonyl (C=O) groups is 1. The number of hydrogen-bond acceptors (Lipinski definition) is 5. The van der Waals surface area contributed by atoms with Gasteiger partial charge in [-0.1, -0.05) is 0 Å². The third kappa shape index (κ3) is 4.40. The van der Waals surface area contributed by atoms with Crippen LogP contribution in [0.5, 0.6) is 17.2 Å². The number of benzene rings is 2. The Morgan fingerprint density at radius 1 is 0.933 bits per heavy atom. The van der Waals surface area contributed by atoms with E-state index in [1.807, 2.05) is 32.0 Å². The van der Waals surface area contributed by atoms with E-state index in [4.69, 9.17) is 14.2 Å². The molecule has 7 nitrogen and oxygen atoms in total. The number of fused-ring (bicyclic) bond motifs is 1. The van der Waals surface area contributed by atoms with Gasteiger partial charge in [0.2, 0.25) is 0 Å². The van der Waals surface area contributed by atoms with E-state index in [2.05, 4.69) is 4.98 Å². The summed E-state index contributed by atoms with van der Waals surface area (Å²) in [5.74, 6) is 1.51. The number of ether oxygens (including phenoxy) is 3. The molecule has 30 heavy (non-hydrogen) atoms. The zero-order valence-corrected chi connectivity index (χ0v) is 17.8. The summed E-state index contributed by atoms with van der Waals surface area (Å²) < 4.78 is 15.8. The second-order valence-corrected chi connectivity index (χ2v) is 7.21. The highest BCUT2D eigenvalue weighted by molar-refractivity contribution is 5.95. The van der Waals surface area contributed by atoms with Crippen molar-refractivity contribution in [2.45, 2.75) is 26.4 Å². The molecule has 1 amide bonds. The smallest absolute Gasteiger partial charge is 0.254 e. The molecular formula is C23H26N2O5. The summed E-state index contributed by atoms with van der Waals surface area (Å²) in [4.78, 5) is 30.5. The van der Waals surface area contributed by atoms with Crippen LogP contribution in [-0.2, 0) is 6.54 Å². The first-order chi connectivity index (χ1) is 14.4. The third-order valence-corrected chi connectivity index (χ3v) is 4.95. The molecule has 0 aliphatic carbocycles. The summed E-state index contributed by atoms with van der Waals surface area (Å²) in [7, 11) is 4.65. The van der Waals surface area contributed by atoms with Crippen LogP contribution >= 0.6 is 0 Å². The van der Waals surface area contributed by atoms with Crippen molar-refractivity contribution in [3.8, 4) is 17.2 Å². The number of nitrogens with one attached hydrogen (secondary N) is 1. The molecule has 2 aromatic carbocycles. The maximum atomic E-state index is 13.3. The summed E-state index contributed by atoms with van der Waals surface area (Å²) in [5.41, 5.74) is 1.38. The largest absolute Gasteiger partial charge is 0.497 e. The number of H-pyrrole nitrogens is 1. The molecule has 0 bridgehead atoms. The normalized spacial score (nSPS) is 10.9. The number of methoxy groups -OCH3 is 3. The van der Waals surface area contributed by atoms with E-state index in [0.717, 1.165) is 5.39 Å². The molecule has 0 unspecified atom stereocenters. The Morgan fingerprint density at radius 3 is 2.13 bits per heavy atom. The van der Waals surface area contributed by atoms with E-state index in [-0.39, 0.29) is 24.1 Å². The van der Waals surface area contributed by atoms with Crippen LogP contribution in [0.2, 0.25) is 0 Å². The van der Waals surface area contributed by atoms with Gasteiger partial charge in [-0.15, -0.1) is 0 Å². The topological polar surface area (TPSA) is 80.9 Å². The minimum atomic E-state index is -0.238. The monoisotopic (exact) mass is 410 g/mol. The zero-order valence-electron chi connectivity index (χ0n) is 17.8. The van der Waals surface area contributed by atoms with Crippen LogP contribution < -0.4 is 19.8 Å². The molecule has 0 atom stereocenters. The molecule has 158 valence electrons. The van der Waals surface area contributed by atoms with Gasteiger partial charge in [0.05, 0.1) is 33.4 Å². The molecule has 3 rings (SSSR count). The highest BCUT2D eigenvalue weighted by atomic mass is 16.5. The van der Waals surface area contributed by atoms with E-state index in [0.29, 0.717) is 33.9 Å². The van der Waals surface area contributed by atoms with Crippen LogP contribution in [0.4, 0.5) is 0 Å². The van der Waals surface area contributed by atoms with Crippen molar-refractivity contribution in [3.63, 3.8) is 0 Å². The fraction of sp³-hybridized carbons (Fsp3) is 0.304. The van der Waals surface area contributed by atoms with E-state index in [1.165, 1.54) is 14.2 Å². The van der Waals surface area contributed by atoms with Crippen LogP contribution in [0.1, 0.15) is 29.8 Å². The van der Waals surface area contributed by atoms with Crippen LogP contribution in [-0.4, -0.2) is 43.2 Å². The Morgan fingerprint density at radius 2 is 1.57 bits per heavy atom. The van der Waals surface area contributed by atoms with Crippen LogP contribution in [0.3, 0.4) is 0 Å². The van der Waals surface area contributed by atoms with Gasteiger partial charge >= 0.3 is 0 Å². The lowest BCUT2D eigenvalue weighted by molar-refractivity contribution is 0.0689. The molecule has 0 fully saturated rings. The first-order valence-corrected chi connectivity index (χ1v) is 9.60. The molecule has 1 heterocycles. The standard InChI is InChI=1S/C23H26N2O5/c1-14(2)25(23(27)16-9-19(29-4)11-20(10-16)30-5)13-17-8-15-6-7-18(28-3)12-21(15)24-22(17)26/h6-12,14H,13H2,1-5H3,(H,24,26). The molecular weight excluding hydrogens is 384 g/mol. The summed E-state index contributed by atoms with van der Waals surface area (Å²) in [5, 5.41) is 0.865. The first kappa shape index (κ1) is 21.2. The van der Waals surface area contributed by atoms with Gasteiger partial charge in [-0.25, -0.2) is 0 Å². The number of carbonyl (C=O) groups excluding carboxylic acids is 1. The van der Waals surface area contributed by atoms with Crippen molar-refractivity contribution in [2.24, 2.45) is 0 Å². The van der Waals surface area contributed by atoms with Gasteiger partial charge in [-0.3, -0.25) is 9.59 Å². The second kappa shape index (κ2) is 8.90. The fourth-order valence-corrected chi connectivity index (χ4v) is 3.24. The number of aromatic nitrogens is 1. The lowest BCUT2D eigenvalue weighted by Crippen LogP contribution is -2.38. The number of aromatic amines is 1. The van der Waals surface area contributed by atoms with Gasteiger partial charge in [-0.05, 0) is 49.6 Å². The summed E-state index contributed by atoms with van der Waals surface area (Å²) >= 11 is 0. The number of pyridine rings is 1. The minimum absolute atomic E-state index is 0.124. The molecule has 0 aliphatic heterocycles. The van der Waals surface area contributed by atoms with E-state index in [1.54, 1.807) is 36.3 Å². The summed E-state index contributed by atoms with van der Waals surface area (Å²) in [6.45, 7) is 4.00. The Kier molecular flexibility index (Phi) is 6.30. The van der Waals surface area contributed by atoms with E-state index >= 15 is 0 Å². The average molecular weight is 410 g/mol. The Balaban J connectivity index is 1.97. The van der Waals surface area contributed by atoms with Crippen LogP contribution in [0.25, 0.3) is 10.9 Å². The molecule has 3 aromatic rings. The van der Waals surface area contributed by atoms with Gasteiger partial charge in [0.1, 0.15) is 17.2 Å².